The number of methoxy groups -OCH3 is 1. The second-order valence-electron chi connectivity index (χ2n) is 3.12. The number of nitrogens with zero attached hydrogens (tertiary/aromatic N) is 1. The van der Waals surface area contributed by atoms with Gasteiger partial charge in [-0.15, -0.1) is 0 Å². The van der Waals surface area contributed by atoms with Crippen LogP contribution in [0.4, 0.5) is 4.39 Å². The lowest BCUT2D eigenvalue weighted by atomic mass is 10.1. The lowest BCUT2D eigenvalue weighted by Gasteiger charge is -2.16. The second kappa shape index (κ2) is 5.32. The van der Waals surface area contributed by atoms with Crippen LogP contribution in [-0.4, -0.2) is 13.7 Å². The number of halogens is 1. The van der Waals surface area contributed by atoms with E-state index in [1.54, 1.807) is 19.1 Å². The molecular weight excluding hydrogens is 195 g/mol. The Balaban J connectivity index is 2.96. The highest BCUT2D eigenvalue weighted by Crippen LogP contribution is 2.27. The minimum absolute atomic E-state index is 0.179. The van der Waals surface area contributed by atoms with Gasteiger partial charge < -0.3 is 4.74 Å². The first-order valence-electron chi connectivity index (χ1n) is 4.63. The quantitative estimate of drug-likeness (QED) is 0.770. The van der Waals surface area contributed by atoms with Gasteiger partial charge in [0.15, 0.2) is 0 Å². The van der Waals surface area contributed by atoms with Crippen molar-refractivity contribution in [2.24, 2.45) is 0 Å². The van der Waals surface area contributed by atoms with Crippen LogP contribution in [-0.2, 0) is 0 Å². The van der Waals surface area contributed by atoms with Crippen molar-refractivity contribution in [2.45, 2.75) is 13.0 Å². The van der Waals surface area contributed by atoms with Crippen LogP contribution in [0.15, 0.2) is 18.2 Å². The molecule has 0 aliphatic heterocycles. The summed E-state index contributed by atoms with van der Waals surface area (Å²) in [5, 5.41) is 11.3. The average molecular weight is 208 g/mol. The van der Waals surface area contributed by atoms with Crippen LogP contribution in [0.2, 0.25) is 0 Å². The van der Waals surface area contributed by atoms with Crippen molar-refractivity contribution in [3.8, 4) is 11.8 Å². The van der Waals surface area contributed by atoms with E-state index in [0.717, 1.165) is 0 Å². The van der Waals surface area contributed by atoms with Crippen molar-refractivity contribution in [3.63, 3.8) is 0 Å². The van der Waals surface area contributed by atoms with Gasteiger partial charge in [-0.05, 0) is 19.1 Å². The standard InChI is InChI=1S/C11H13FN2O/c1-8(14-7-6-13)11-9(12)4-3-5-10(11)15-2/h3-5,8,14H,7H2,1-2H3/t8-/m1/s1. The van der Waals surface area contributed by atoms with Gasteiger partial charge in [-0.2, -0.15) is 5.26 Å². The maximum Gasteiger partial charge on any atom is 0.131 e. The van der Waals surface area contributed by atoms with E-state index in [1.807, 2.05) is 6.07 Å². The highest BCUT2D eigenvalue weighted by molar-refractivity contribution is 5.36. The fraction of sp³-hybridized carbons (Fsp3) is 0.364. The average Bonchev–Trinajstić information content (AvgIpc) is 2.25. The van der Waals surface area contributed by atoms with Gasteiger partial charge in [0.05, 0.1) is 19.7 Å². The molecule has 1 atom stereocenters. The third kappa shape index (κ3) is 2.67. The summed E-state index contributed by atoms with van der Waals surface area (Å²) < 4.78 is 18.6. The topological polar surface area (TPSA) is 45.0 Å². The molecule has 0 saturated heterocycles. The van der Waals surface area contributed by atoms with Gasteiger partial charge >= 0.3 is 0 Å². The number of nitrogens with one attached hydrogen (secondary N) is 1. The summed E-state index contributed by atoms with van der Waals surface area (Å²) in [4.78, 5) is 0. The summed E-state index contributed by atoms with van der Waals surface area (Å²) in [5.74, 6) is 0.167. The van der Waals surface area contributed by atoms with Gasteiger partial charge in [0.2, 0.25) is 0 Å². The minimum Gasteiger partial charge on any atom is -0.496 e. The Morgan fingerprint density at radius 2 is 2.33 bits per heavy atom. The molecule has 0 radical (unpaired) electrons. The van der Waals surface area contributed by atoms with E-state index >= 15 is 0 Å². The number of ether oxygens (including phenoxy) is 1. The van der Waals surface area contributed by atoms with Crippen molar-refractivity contribution >= 4 is 0 Å². The highest BCUT2D eigenvalue weighted by Gasteiger charge is 2.15. The maximum absolute atomic E-state index is 13.5. The molecule has 1 aromatic carbocycles. The first-order chi connectivity index (χ1) is 7.20. The highest BCUT2D eigenvalue weighted by atomic mass is 19.1. The predicted molar refractivity (Wildman–Crippen MR) is 55.0 cm³/mol. The summed E-state index contributed by atoms with van der Waals surface area (Å²) in [6.07, 6.45) is 0. The maximum atomic E-state index is 13.5. The molecule has 1 rings (SSSR count). The molecule has 15 heavy (non-hydrogen) atoms. The Hall–Kier alpha value is -1.60. The van der Waals surface area contributed by atoms with Crippen molar-refractivity contribution < 1.29 is 9.13 Å². The van der Waals surface area contributed by atoms with E-state index in [1.165, 1.54) is 13.2 Å². The lowest BCUT2D eigenvalue weighted by Crippen LogP contribution is -2.20. The van der Waals surface area contributed by atoms with E-state index < -0.39 is 0 Å². The second-order valence-corrected chi connectivity index (χ2v) is 3.12. The first-order valence-corrected chi connectivity index (χ1v) is 4.63. The Morgan fingerprint density at radius 1 is 1.60 bits per heavy atom. The predicted octanol–water partition coefficient (Wildman–Crippen LogP) is 2.01. The monoisotopic (exact) mass is 208 g/mol. The molecule has 1 N–H and O–H groups in total. The normalized spacial score (nSPS) is 11.9. The molecule has 0 aromatic heterocycles. The molecule has 0 spiro atoms. The zero-order valence-corrected chi connectivity index (χ0v) is 8.75. The van der Waals surface area contributed by atoms with Crippen molar-refractivity contribution in [2.75, 3.05) is 13.7 Å². The lowest BCUT2D eigenvalue weighted by molar-refractivity contribution is 0.395. The SMILES string of the molecule is COc1cccc(F)c1[C@@H](C)NCC#N. The molecule has 0 heterocycles. The van der Waals surface area contributed by atoms with E-state index in [-0.39, 0.29) is 18.4 Å². The van der Waals surface area contributed by atoms with Crippen LogP contribution in [0, 0.1) is 17.1 Å². The summed E-state index contributed by atoms with van der Waals surface area (Å²) in [6, 6.07) is 6.37. The summed E-state index contributed by atoms with van der Waals surface area (Å²) in [6.45, 7) is 1.97. The first kappa shape index (κ1) is 11.5. The largest absolute Gasteiger partial charge is 0.496 e. The minimum atomic E-state index is -0.327. The molecule has 0 fully saturated rings. The van der Waals surface area contributed by atoms with Crippen LogP contribution in [0.3, 0.4) is 0 Å². The molecule has 0 aliphatic rings. The van der Waals surface area contributed by atoms with E-state index in [0.29, 0.717) is 11.3 Å². The third-order valence-electron chi connectivity index (χ3n) is 2.15. The summed E-state index contributed by atoms with van der Waals surface area (Å²) in [5.41, 5.74) is 0.454. The number of benzene rings is 1. The molecule has 4 heteroatoms. The Labute approximate surface area is 88.5 Å². The van der Waals surface area contributed by atoms with Gasteiger partial charge in [-0.1, -0.05) is 6.07 Å². The van der Waals surface area contributed by atoms with Gasteiger partial charge in [0.25, 0.3) is 0 Å². The van der Waals surface area contributed by atoms with E-state index in [9.17, 15) is 4.39 Å². The number of rotatable bonds is 4. The van der Waals surface area contributed by atoms with Crippen molar-refractivity contribution in [1.29, 1.82) is 5.26 Å². The van der Waals surface area contributed by atoms with Gasteiger partial charge in [0, 0.05) is 11.6 Å². The van der Waals surface area contributed by atoms with Gasteiger partial charge in [-0.3, -0.25) is 5.32 Å². The smallest absolute Gasteiger partial charge is 0.131 e. The van der Waals surface area contributed by atoms with E-state index in [2.05, 4.69) is 5.32 Å². The molecule has 0 aliphatic carbocycles. The fourth-order valence-electron chi connectivity index (χ4n) is 1.42. The van der Waals surface area contributed by atoms with Crippen LogP contribution in [0.5, 0.6) is 5.75 Å². The van der Waals surface area contributed by atoms with Gasteiger partial charge in [-0.25, -0.2) is 4.39 Å². The number of hydrogen-bond donors (Lipinski definition) is 1. The molecule has 0 saturated carbocycles. The van der Waals surface area contributed by atoms with E-state index in [4.69, 9.17) is 10.00 Å². The molecule has 1 aromatic rings. The summed E-state index contributed by atoms with van der Waals surface area (Å²) in [7, 11) is 1.50. The van der Waals surface area contributed by atoms with Crippen molar-refractivity contribution in [3.05, 3.63) is 29.6 Å². The zero-order chi connectivity index (χ0) is 11.3. The van der Waals surface area contributed by atoms with Crippen LogP contribution in [0.25, 0.3) is 0 Å². The zero-order valence-electron chi connectivity index (χ0n) is 8.75. The molecule has 0 bridgehead atoms. The summed E-state index contributed by atoms with van der Waals surface area (Å²) >= 11 is 0. The van der Waals surface area contributed by atoms with Crippen LogP contribution in [0.1, 0.15) is 18.5 Å². The van der Waals surface area contributed by atoms with Gasteiger partial charge in [0.1, 0.15) is 11.6 Å². The number of hydrogen-bond acceptors (Lipinski definition) is 3. The molecule has 0 unspecified atom stereocenters. The van der Waals surface area contributed by atoms with Crippen LogP contribution < -0.4 is 10.1 Å². The molecule has 0 amide bonds. The molecular formula is C11H13FN2O. The third-order valence-corrected chi connectivity index (χ3v) is 2.15. The van der Waals surface area contributed by atoms with Crippen molar-refractivity contribution in [1.82, 2.24) is 5.32 Å². The Kier molecular flexibility index (Phi) is 4.07. The van der Waals surface area contributed by atoms with Crippen LogP contribution >= 0.6 is 0 Å². The Bertz CT molecular complexity index is 373. The molecule has 80 valence electrons. The fourth-order valence-corrected chi connectivity index (χ4v) is 1.42. The number of nitriles is 1. The molecule has 3 nitrogen and oxygen atoms in total. The Morgan fingerprint density at radius 3 is 2.93 bits per heavy atom.